The quantitative estimate of drug-likeness (QED) is 0.916. The van der Waals surface area contributed by atoms with Crippen molar-refractivity contribution in [2.45, 2.75) is 38.7 Å². The monoisotopic (exact) mass is 315 g/mol. The van der Waals surface area contributed by atoms with E-state index in [0.29, 0.717) is 17.5 Å². The van der Waals surface area contributed by atoms with Crippen LogP contribution in [0.2, 0.25) is 0 Å². The number of hydrogen-bond donors (Lipinski definition) is 1. The molecule has 6 heteroatoms. The van der Waals surface area contributed by atoms with Crippen LogP contribution in [0.1, 0.15) is 32.6 Å². The van der Waals surface area contributed by atoms with Crippen LogP contribution in [-0.2, 0) is 9.53 Å². The number of amides is 1. The fourth-order valence-corrected chi connectivity index (χ4v) is 2.95. The average Bonchev–Trinajstić information content (AvgIpc) is 3.08. The van der Waals surface area contributed by atoms with E-state index in [4.69, 9.17) is 9.15 Å². The lowest BCUT2D eigenvalue weighted by Gasteiger charge is -2.26. The number of carbonyl (C=O) groups is 1. The van der Waals surface area contributed by atoms with Crippen LogP contribution in [0.15, 0.2) is 35.1 Å². The molecule has 1 aromatic carbocycles. The van der Waals surface area contributed by atoms with E-state index in [9.17, 15) is 4.79 Å². The van der Waals surface area contributed by atoms with Crippen molar-refractivity contribution in [3.05, 3.63) is 30.7 Å². The Labute approximate surface area is 135 Å². The fourth-order valence-electron chi connectivity index (χ4n) is 2.95. The van der Waals surface area contributed by atoms with Gasteiger partial charge in [-0.2, -0.15) is 0 Å². The number of aromatic nitrogens is 2. The van der Waals surface area contributed by atoms with Crippen LogP contribution >= 0.6 is 0 Å². The molecular weight excluding hydrogens is 294 g/mol. The molecule has 6 nitrogen and oxygen atoms in total. The first kappa shape index (κ1) is 15.7. The van der Waals surface area contributed by atoms with Gasteiger partial charge in [-0.05, 0) is 37.0 Å². The predicted octanol–water partition coefficient (Wildman–Crippen LogP) is 3.27. The zero-order chi connectivity index (χ0) is 16.1. The highest BCUT2D eigenvalue weighted by molar-refractivity contribution is 5.92. The first-order valence-corrected chi connectivity index (χ1v) is 7.99. The number of nitrogens with one attached hydrogen (secondary N) is 1. The molecule has 0 bridgehead atoms. The van der Waals surface area contributed by atoms with E-state index < -0.39 is 0 Å². The molecule has 0 unspecified atom stereocenters. The van der Waals surface area contributed by atoms with Crippen LogP contribution < -0.4 is 5.32 Å². The normalized spacial score (nSPS) is 21.1. The minimum absolute atomic E-state index is 0.0855. The Balaban J connectivity index is 1.52. The molecule has 2 aromatic rings. The van der Waals surface area contributed by atoms with Crippen molar-refractivity contribution in [2.24, 2.45) is 5.92 Å². The molecule has 1 fully saturated rings. The second-order valence-corrected chi connectivity index (χ2v) is 6.08. The summed E-state index contributed by atoms with van der Waals surface area (Å²) in [6.07, 6.45) is 6.01. The first-order valence-electron chi connectivity index (χ1n) is 7.99. The highest BCUT2D eigenvalue weighted by Gasteiger charge is 2.20. The maximum atomic E-state index is 12.0. The topological polar surface area (TPSA) is 77.2 Å². The predicted molar refractivity (Wildman–Crippen MR) is 85.7 cm³/mol. The minimum atomic E-state index is -0.147. The summed E-state index contributed by atoms with van der Waals surface area (Å²) in [7, 11) is 0. The van der Waals surface area contributed by atoms with Gasteiger partial charge in [0.05, 0.1) is 6.10 Å². The SMILES string of the molecule is C[C@H]1CCC[C@@H](OCC(=O)Nc2cccc(-c3nnco3)c2)C1. The molecule has 1 aliphatic rings. The van der Waals surface area contributed by atoms with Crippen molar-refractivity contribution in [1.82, 2.24) is 10.2 Å². The summed E-state index contributed by atoms with van der Waals surface area (Å²) in [5.74, 6) is 0.961. The molecular formula is C17H21N3O3. The van der Waals surface area contributed by atoms with Crippen molar-refractivity contribution in [2.75, 3.05) is 11.9 Å². The molecule has 1 aromatic heterocycles. The van der Waals surface area contributed by atoms with E-state index in [2.05, 4.69) is 22.4 Å². The van der Waals surface area contributed by atoms with Gasteiger partial charge in [0.2, 0.25) is 18.2 Å². The summed E-state index contributed by atoms with van der Waals surface area (Å²) < 4.78 is 10.9. The second-order valence-electron chi connectivity index (χ2n) is 6.08. The van der Waals surface area contributed by atoms with Crippen molar-refractivity contribution >= 4 is 11.6 Å². The largest absolute Gasteiger partial charge is 0.423 e. The molecule has 2 atom stereocenters. The molecule has 122 valence electrons. The van der Waals surface area contributed by atoms with Crippen LogP contribution in [0, 0.1) is 5.92 Å². The highest BCUT2D eigenvalue weighted by Crippen LogP contribution is 2.25. The number of benzene rings is 1. The van der Waals surface area contributed by atoms with Gasteiger partial charge < -0.3 is 14.5 Å². The highest BCUT2D eigenvalue weighted by atomic mass is 16.5. The third-order valence-electron chi connectivity index (χ3n) is 4.09. The molecule has 3 rings (SSSR count). The Bertz CT molecular complexity index is 642. The van der Waals surface area contributed by atoms with Crippen LogP contribution in [0.25, 0.3) is 11.5 Å². The summed E-state index contributed by atoms with van der Waals surface area (Å²) in [6, 6.07) is 7.30. The maximum absolute atomic E-state index is 12.0. The third kappa shape index (κ3) is 4.39. The van der Waals surface area contributed by atoms with E-state index in [1.807, 2.05) is 18.2 Å². The fraction of sp³-hybridized carbons (Fsp3) is 0.471. The zero-order valence-electron chi connectivity index (χ0n) is 13.2. The van der Waals surface area contributed by atoms with Crippen molar-refractivity contribution in [1.29, 1.82) is 0 Å². The van der Waals surface area contributed by atoms with Gasteiger partial charge in [0, 0.05) is 11.3 Å². The standard InChI is InChI=1S/C17H21N3O3/c1-12-4-2-7-15(8-12)22-10-16(21)19-14-6-3-5-13(9-14)17-20-18-11-23-17/h3,5-6,9,11-12,15H,2,4,7-8,10H2,1H3,(H,19,21)/t12-,15+/m0/s1. The molecule has 1 saturated carbocycles. The number of rotatable bonds is 5. The van der Waals surface area contributed by atoms with E-state index in [-0.39, 0.29) is 18.6 Å². The summed E-state index contributed by atoms with van der Waals surface area (Å²) in [6.45, 7) is 2.32. The van der Waals surface area contributed by atoms with Gasteiger partial charge in [-0.3, -0.25) is 4.79 Å². The summed E-state index contributed by atoms with van der Waals surface area (Å²) in [4.78, 5) is 12.0. The van der Waals surface area contributed by atoms with Crippen molar-refractivity contribution < 1.29 is 13.9 Å². The van der Waals surface area contributed by atoms with E-state index >= 15 is 0 Å². The van der Waals surface area contributed by atoms with E-state index in [1.54, 1.807) is 6.07 Å². The van der Waals surface area contributed by atoms with Crippen LogP contribution in [0.5, 0.6) is 0 Å². The van der Waals surface area contributed by atoms with Gasteiger partial charge in [-0.25, -0.2) is 0 Å². The molecule has 0 saturated heterocycles. The number of ether oxygens (including phenoxy) is 1. The molecule has 1 N–H and O–H groups in total. The molecule has 0 aliphatic heterocycles. The first-order chi connectivity index (χ1) is 11.2. The summed E-state index contributed by atoms with van der Waals surface area (Å²) in [5.41, 5.74) is 1.45. The number of carbonyl (C=O) groups excluding carboxylic acids is 1. The van der Waals surface area contributed by atoms with E-state index in [0.717, 1.165) is 18.4 Å². The number of hydrogen-bond acceptors (Lipinski definition) is 5. The van der Waals surface area contributed by atoms with Crippen LogP contribution in [0.4, 0.5) is 5.69 Å². The van der Waals surface area contributed by atoms with Gasteiger partial charge in [0.1, 0.15) is 6.61 Å². The van der Waals surface area contributed by atoms with Crippen LogP contribution in [-0.4, -0.2) is 28.8 Å². The van der Waals surface area contributed by atoms with Crippen LogP contribution in [0.3, 0.4) is 0 Å². The second kappa shape index (κ2) is 7.37. The molecule has 1 aliphatic carbocycles. The van der Waals surface area contributed by atoms with Gasteiger partial charge >= 0.3 is 0 Å². The van der Waals surface area contributed by atoms with Gasteiger partial charge in [-0.1, -0.05) is 25.8 Å². The van der Waals surface area contributed by atoms with Gasteiger partial charge in [0.15, 0.2) is 0 Å². The summed E-state index contributed by atoms with van der Waals surface area (Å²) >= 11 is 0. The Hall–Kier alpha value is -2.21. The lowest BCUT2D eigenvalue weighted by molar-refractivity contribution is -0.123. The zero-order valence-corrected chi connectivity index (χ0v) is 13.2. The van der Waals surface area contributed by atoms with Gasteiger partial charge in [0.25, 0.3) is 0 Å². The minimum Gasteiger partial charge on any atom is -0.423 e. The smallest absolute Gasteiger partial charge is 0.250 e. The van der Waals surface area contributed by atoms with Crippen molar-refractivity contribution in [3.8, 4) is 11.5 Å². The Morgan fingerprint density at radius 1 is 1.43 bits per heavy atom. The maximum Gasteiger partial charge on any atom is 0.250 e. The van der Waals surface area contributed by atoms with E-state index in [1.165, 1.54) is 19.2 Å². The van der Waals surface area contributed by atoms with Crippen molar-refractivity contribution in [3.63, 3.8) is 0 Å². The molecule has 23 heavy (non-hydrogen) atoms. The Morgan fingerprint density at radius 2 is 2.35 bits per heavy atom. The molecule has 1 heterocycles. The molecule has 0 spiro atoms. The number of anilines is 1. The van der Waals surface area contributed by atoms with Gasteiger partial charge in [-0.15, -0.1) is 10.2 Å². The number of nitrogens with zero attached hydrogens (tertiary/aromatic N) is 2. The molecule has 0 radical (unpaired) electrons. The average molecular weight is 315 g/mol. The molecule has 1 amide bonds. The Morgan fingerprint density at radius 3 is 3.13 bits per heavy atom. The summed E-state index contributed by atoms with van der Waals surface area (Å²) in [5, 5.41) is 10.4. The Kier molecular flexibility index (Phi) is 5.02. The lowest BCUT2D eigenvalue weighted by atomic mass is 9.89. The lowest BCUT2D eigenvalue weighted by Crippen LogP contribution is -2.26. The third-order valence-corrected chi connectivity index (χ3v) is 4.09.